The van der Waals surface area contributed by atoms with Crippen LogP contribution in [0.15, 0.2) is 4.99 Å². The number of aliphatic imine (C=N–C) groups is 1. The van der Waals surface area contributed by atoms with Gasteiger partial charge in [-0.1, -0.05) is 13.8 Å². The molecule has 78 valence electrons. The molecule has 0 aromatic heterocycles. The van der Waals surface area contributed by atoms with Crippen LogP contribution in [0, 0.1) is 0 Å². The van der Waals surface area contributed by atoms with Crippen molar-refractivity contribution in [2.45, 2.75) is 53.1 Å². The predicted molar refractivity (Wildman–Crippen MR) is 58.6 cm³/mol. The Morgan fingerprint density at radius 1 is 1.15 bits per heavy atom. The first-order valence-corrected chi connectivity index (χ1v) is 5.32. The smallest absolute Gasteiger partial charge is 0.105 e. The second-order valence-electron chi connectivity index (χ2n) is 3.19. The zero-order valence-electron chi connectivity index (χ0n) is 9.68. The molecule has 0 rings (SSSR count). The summed E-state index contributed by atoms with van der Waals surface area (Å²) in [6, 6.07) is 0. The highest BCUT2D eigenvalue weighted by Crippen LogP contribution is 2.22. The van der Waals surface area contributed by atoms with Crippen molar-refractivity contribution in [2.24, 2.45) is 4.99 Å². The van der Waals surface area contributed by atoms with Gasteiger partial charge in [-0.2, -0.15) is 0 Å². The van der Waals surface area contributed by atoms with Gasteiger partial charge in [0.05, 0.1) is 0 Å². The Kier molecular flexibility index (Phi) is 5.97. The fourth-order valence-electron chi connectivity index (χ4n) is 1.73. The summed E-state index contributed by atoms with van der Waals surface area (Å²) in [5, 5.41) is 0. The van der Waals surface area contributed by atoms with E-state index in [2.05, 4.69) is 32.7 Å². The summed E-state index contributed by atoms with van der Waals surface area (Å²) in [6.45, 7) is 12.1. The molecule has 0 aliphatic rings. The molecule has 0 aromatic carbocycles. The molecule has 0 spiro atoms. The van der Waals surface area contributed by atoms with E-state index in [0.29, 0.717) is 0 Å². The van der Waals surface area contributed by atoms with Crippen LogP contribution < -0.4 is 0 Å². The Morgan fingerprint density at radius 3 is 2.00 bits per heavy atom. The van der Waals surface area contributed by atoms with Crippen LogP contribution in [0.3, 0.4) is 0 Å². The number of ether oxygens (including phenoxy) is 1. The van der Waals surface area contributed by atoms with Gasteiger partial charge in [-0.05, 0) is 33.6 Å². The molecular formula is C11H23NO. The van der Waals surface area contributed by atoms with Crippen LogP contribution in [-0.4, -0.2) is 24.5 Å². The van der Waals surface area contributed by atoms with Gasteiger partial charge in [0.25, 0.3) is 0 Å². The summed E-state index contributed by atoms with van der Waals surface area (Å²) in [7, 11) is 0. The Labute approximate surface area is 82.4 Å². The Hall–Kier alpha value is -0.370. The third-order valence-electron chi connectivity index (χ3n) is 2.62. The summed E-state index contributed by atoms with van der Waals surface area (Å²) in [5.41, 5.74) is 1.03. The molecule has 0 saturated carbocycles. The van der Waals surface area contributed by atoms with Crippen molar-refractivity contribution in [2.75, 3.05) is 13.2 Å². The fourth-order valence-corrected chi connectivity index (χ4v) is 1.73. The SMILES string of the molecule is CCN=C(C)C(CC)(CC)OCC. The van der Waals surface area contributed by atoms with E-state index in [1.807, 2.05) is 6.92 Å². The molecule has 0 radical (unpaired) electrons. The first-order chi connectivity index (χ1) is 6.16. The minimum atomic E-state index is -0.106. The van der Waals surface area contributed by atoms with Crippen molar-refractivity contribution in [3.8, 4) is 0 Å². The maximum atomic E-state index is 5.81. The highest BCUT2D eigenvalue weighted by Gasteiger charge is 2.29. The van der Waals surface area contributed by atoms with E-state index in [1.54, 1.807) is 0 Å². The van der Waals surface area contributed by atoms with Gasteiger partial charge >= 0.3 is 0 Å². The Balaban J connectivity index is 4.63. The second-order valence-corrected chi connectivity index (χ2v) is 3.19. The van der Waals surface area contributed by atoms with E-state index in [4.69, 9.17) is 4.74 Å². The molecule has 2 nitrogen and oxygen atoms in total. The maximum absolute atomic E-state index is 5.81. The van der Waals surface area contributed by atoms with Crippen molar-refractivity contribution in [1.29, 1.82) is 0 Å². The van der Waals surface area contributed by atoms with Crippen LogP contribution in [-0.2, 0) is 4.74 Å². The Morgan fingerprint density at radius 2 is 1.69 bits per heavy atom. The highest BCUT2D eigenvalue weighted by molar-refractivity contribution is 5.90. The predicted octanol–water partition coefficient (Wildman–Crippen LogP) is 3.06. The fraction of sp³-hybridized carbons (Fsp3) is 0.909. The molecular weight excluding hydrogens is 162 g/mol. The Bertz CT molecular complexity index is 159. The molecule has 0 fully saturated rings. The molecule has 0 N–H and O–H groups in total. The van der Waals surface area contributed by atoms with Gasteiger partial charge in [-0.3, -0.25) is 4.99 Å². The van der Waals surface area contributed by atoms with E-state index in [9.17, 15) is 0 Å². The quantitative estimate of drug-likeness (QED) is 0.583. The molecule has 2 heteroatoms. The summed E-state index contributed by atoms with van der Waals surface area (Å²) >= 11 is 0. The molecule has 13 heavy (non-hydrogen) atoms. The number of hydrogen-bond donors (Lipinski definition) is 0. The molecule has 0 aliphatic carbocycles. The van der Waals surface area contributed by atoms with Gasteiger partial charge in [-0.15, -0.1) is 0 Å². The summed E-state index contributed by atoms with van der Waals surface area (Å²) in [4.78, 5) is 4.45. The molecule has 0 atom stereocenters. The van der Waals surface area contributed by atoms with Gasteiger partial charge < -0.3 is 4.74 Å². The third kappa shape index (κ3) is 3.11. The first-order valence-electron chi connectivity index (χ1n) is 5.32. The van der Waals surface area contributed by atoms with Crippen LogP contribution in [0.25, 0.3) is 0 Å². The topological polar surface area (TPSA) is 21.6 Å². The van der Waals surface area contributed by atoms with E-state index >= 15 is 0 Å². The lowest BCUT2D eigenvalue weighted by Crippen LogP contribution is -2.39. The molecule has 0 aliphatic heterocycles. The lowest BCUT2D eigenvalue weighted by atomic mass is 9.92. The number of nitrogens with zero attached hydrogens (tertiary/aromatic N) is 1. The van der Waals surface area contributed by atoms with Crippen molar-refractivity contribution < 1.29 is 4.74 Å². The first kappa shape index (κ1) is 12.6. The molecule has 0 heterocycles. The summed E-state index contributed by atoms with van der Waals surface area (Å²) in [5.74, 6) is 0. The van der Waals surface area contributed by atoms with Gasteiger partial charge in [0.2, 0.25) is 0 Å². The van der Waals surface area contributed by atoms with Crippen molar-refractivity contribution in [1.82, 2.24) is 0 Å². The second kappa shape index (κ2) is 6.14. The van der Waals surface area contributed by atoms with Crippen molar-refractivity contribution >= 4 is 5.71 Å². The average Bonchev–Trinajstić information content (AvgIpc) is 2.14. The van der Waals surface area contributed by atoms with E-state index in [1.165, 1.54) is 0 Å². The summed E-state index contributed by atoms with van der Waals surface area (Å²) in [6.07, 6.45) is 2.01. The maximum Gasteiger partial charge on any atom is 0.105 e. The molecule has 0 bridgehead atoms. The van der Waals surface area contributed by atoms with Gasteiger partial charge in [0.15, 0.2) is 0 Å². The molecule has 0 amide bonds. The lowest BCUT2D eigenvalue weighted by molar-refractivity contribution is 0.00910. The number of hydrogen-bond acceptors (Lipinski definition) is 2. The average molecular weight is 185 g/mol. The van der Waals surface area contributed by atoms with Crippen molar-refractivity contribution in [3.63, 3.8) is 0 Å². The van der Waals surface area contributed by atoms with Gasteiger partial charge in [-0.25, -0.2) is 0 Å². The number of rotatable bonds is 6. The van der Waals surface area contributed by atoms with Crippen LogP contribution >= 0.6 is 0 Å². The minimum absolute atomic E-state index is 0.106. The van der Waals surface area contributed by atoms with Crippen molar-refractivity contribution in [3.05, 3.63) is 0 Å². The van der Waals surface area contributed by atoms with E-state index < -0.39 is 0 Å². The zero-order valence-corrected chi connectivity index (χ0v) is 9.68. The van der Waals surface area contributed by atoms with Gasteiger partial charge in [0.1, 0.15) is 5.60 Å². The third-order valence-corrected chi connectivity index (χ3v) is 2.62. The van der Waals surface area contributed by atoms with Gasteiger partial charge in [0, 0.05) is 18.9 Å². The zero-order chi connectivity index (χ0) is 10.3. The monoisotopic (exact) mass is 185 g/mol. The largest absolute Gasteiger partial charge is 0.369 e. The molecule has 0 unspecified atom stereocenters. The van der Waals surface area contributed by atoms with Crippen LogP contribution in [0.2, 0.25) is 0 Å². The lowest BCUT2D eigenvalue weighted by Gasteiger charge is -2.31. The van der Waals surface area contributed by atoms with E-state index in [-0.39, 0.29) is 5.60 Å². The minimum Gasteiger partial charge on any atom is -0.369 e. The molecule has 0 saturated heterocycles. The van der Waals surface area contributed by atoms with Crippen LogP contribution in [0.4, 0.5) is 0 Å². The summed E-state index contributed by atoms with van der Waals surface area (Å²) < 4.78 is 5.81. The normalized spacial score (nSPS) is 13.5. The van der Waals surface area contributed by atoms with Crippen LogP contribution in [0.5, 0.6) is 0 Å². The van der Waals surface area contributed by atoms with E-state index in [0.717, 1.165) is 31.7 Å². The van der Waals surface area contributed by atoms with Crippen LogP contribution in [0.1, 0.15) is 47.5 Å². The highest BCUT2D eigenvalue weighted by atomic mass is 16.5. The standard InChI is InChI=1S/C11H23NO/c1-6-11(7-2,13-9-4)10(5)12-8-3/h6-9H2,1-5H3. The molecule has 0 aromatic rings.